The van der Waals surface area contributed by atoms with Gasteiger partial charge in [0.25, 0.3) is 0 Å². The van der Waals surface area contributed by atoms with Crippen molar-refractivity contribution in [3.8, 4) is 0 Å². The van der Waals surface area contributed by atoms with Gasteiger partial charge in [-0.25, -0.2) is 0 Å². The van der Waals surface area contributed by atoms with Crippen molar-refractivity contribution in [1.82, 2.24) is 0 Å². The van der Waals surface area contributed by atoms with Crippen LogP contribution in [-0.4, -0.2) is 23.4 Å². The minimum atomic E-state index is -0.206. The van der Waals surface area contributed by atoms with Gasteiger partial charge in [0.1, 0.15) is 13.2 Å². The molecule has 0 aliphatic carbocycles. The largest absolute Gasteiger partial charge is 0.461 e. The molecular weight excluding hydrogens is 384 g/mol. The number of benzene rings is 2. The summed E-state index contributed by atoms with van der Waals surface area (Å²) in [7, 11) is 0. The molecule has 2 rings (SSSR count). The van der Waals surface area contributed by atoms with Gasteiger partial charge in [0.2, 0.25) is 0 Å². The second kappa shape index (κ2) is 13.0. The van der Waals surface area contributed by atoms with Crippen molar-refractivity contribution >= 4 is 23.7 Å². The predicted octanol–water partition coefficient (Wildman–Crippen LogP) is 5.11. The molecular formula is C24H30O4S. The molecule has 4 nitrogen and oxygen atoms in total. The zero-order valence-corrected chi connectivity index (χ0v) is 18.1. The second-order valence-corrected chi connectivity index (χ2v) is 7.90. The normalized spacial score (nSPS) is 10.6. The standard InChI is InChI=1S/C24H30O4S/c1-3-19-9-5-7-11-21(19)17-27-23(25)13-15-29-16-14-24(26)28-18-22-12-8-6-10-20(22)4-2/h5-12H,3-4,13-18H2,1-2H3. The summed E-state index contributed by atoms with van der Waals surface area (Å²) in [6.07, 6.45) is 2.53. The maximum Gasteiger partial charge on any atom is 0.306 e. The maximum absolute atomic E-state index is 11.9. The van der Waals surface area contributed by atoms with Gasteiger partial charge in [0.05, 0.1) is 12.8 Å². The van der Waals surface area contributed by atoms with Crippen LogP contribution < -0.4 is 0 Å². The molecule has 0 N–H and O–H groups in total. The molecule has 2 aromatic carbocycles. The summed E-state index contributed by atoms with van der Waals surface area (Å²) in [5.41, 5.74) is 4.52. The first-order chi connectivity index (χ1) is 14.1. The van der Waals surface area contributed by atoms with Crippen molar-refractivity contribution in [3.05, 3.63) is 70.8 Å². The summed E-state index contributed by atoms with van der Waals surface area (Å²) >= 11 is 1.57. The average Bonchev–Trinajstić information content (AvgIpc) is 2.76. The fourth-order valence-electron chi connectivity index (χ4n) is 2.96. The summed E-state index contributed by atoms with van der Waals surface area (Å²) in [5.74, 6) is 0.866. The van der Waals surface area contributed by atoms with Gasteiger partial charge in [-0.3, -0.25) is 9.59 Å². The van der Waals surface area contributed by atoms with E-state index in [1.807, 2.05) is 36.4 Å². The lowest BCUT2D eigenvalue weighted by Gasteiger charge is -2.09. The molecule has 0 fully saturated rings. The van der Waals surface area contributed by atoms with Crippen LogP contribution in [0, 0.1) is 0 Å². The van der Waals surface area contributed by atoms with E-state index in [2.05, 4.69) is 26.0 Å². The first kappa shape index (κ1) is 23.0. The van der Waals surface area contributed by atoms with Gasteiger partial charge in [-0.1, -0.05) is 62.4 Å². The van der Waals surface area contributed by atoms with E-state index in [4.69, 9.17) is 9.47 Å². The highest BCUT2D eigenvalue weighted by Crippen LogP contribution is 2.13. The summed E-state index contributed by atoms with van der Waals surface area (Å²) in [6, 6.07) is 16.0. The van der Waals surface area contributed by atoms with Gasteiger partial charge in [-0.2, -0.15) is 11.8 Å². The molecule has 0 spiro atoms. The van der Waals surface area contributed by atoms with Gasteiger partial charge in [0.15, 0.2) is 0 Å². The molecule has 5 heteroatoms. The SMILES string of the molecule is CCc1ccccc1COC(=O)CCSCCC(=O)OCc1ccccc1CC. The first-order valence-corrected chi connectivity index (χ1v) is 11.3. The molecule has 2 aromatic rings. The Kier molecular flexibility index (Phi) is 10.4. The van der Waals surface area contributed by atoms with Crippen LogP contribution >= 0.6 is 11.8 Å². The van der Waals surface area contributed by atoms with E-state index >= 15 is 0 Å². The topological polar surface area (TPSA) is 52.6 Å². The number of hydrogen-bond acceptors (Lipinski definition) is 5. The minimum Gasteiger partial charge on any atom is -0.461 e. The lowest BCUT2D eigenvalue weighted by atomic mass is 10.1. The first-order valence-electron chi connectivity index (χ1n) is 10.2. The summed E-state index contributed by atoms with van der Waals surface area (Å²) in [4.78, 5) is 23.8. The average molecular weight is 415 g/mol. The van der Waals surface area contributed by atoms with E-state index in [0.29, 0.717) is 37.6 Å². The smallest absolute Gasteiger partial charge is 0.306 e. The van der Waals surface area contributed by atoms with Crippen LogP contribution in [0.3, 0.4) is 0 Å². The molecule has 0 aliphatic rings. The molecule has 0 radical (unpaired) electrons. The van der Waals surface area contributed by atoms with Crippen LogP contribution in [0.25, 0.3) is 0 Å². The number of esters is 2. The van der Waals surface area contributed by atoms with E-state index in [0.717, 1.165) is 24.0 Å². The van der Waals surface area contributed by atoms with Crippen molar-refractivity contribution in [2.75, 3.05) is 11.5 Å². The van der Waals surface area contributed by atoms with Gasteiger partial charge < -0.3 is 9.47 Å². The fraction of sp³-hybridized carbons (Fsp3) is 0.417. The molecule has 29 heavy (non-hydrogen) atoms. The van der Waals surface area contributed by atoms with E-state index in [1.54, 1.807) is 11.8 Å². The highest BCUT2D eigenvalue weighted by Gasteiger charge is 2.08. The summed E-state index contributed by atoms with van der Waals surface area (Å²) < 4.78 is 10.7. The monoisotopic (exact) mass is 414 g/mol. The van der Waals surface area contributed by atoms with E-state index in [1.165, 1.54) is 11.1 Å². The molecule has 0 aromatic heterocycles. The molecule has 0 heterocycles. The van der Waals surface area contributed by atoms with E-state index < -0.39 is 0 Å². The van der Waals surface area contributed by atoms with Crippen LogP contribution in [-0.2, 0) is 45.1 Å². The number of ether oxygens (including phenoxy) is 2. The zero-order valence-electron chi connectivity index (χ0n) is 17.3. The molecule has 0 amide bonds. The quantitative estimate of drug-likeness (QED) is 0.357. The van der Waals surface area contributed by atoms with Crippen LogP contribution in [0.5, 0.6) is 0 Å². The molecule has 0 saturated heterocycles. The number of carbonyl (C=O) groups excluding carboxylic acids is 2. The Hall–Kier alpha value is -2.27. The van der Waals surface area contributed by atoms with Gasteiger partial charge in [0, 0.05) is 11.5 Å². The number of rotatable bonds is 12. The van der Waals surface area contributed by atoms with Gasteiger partial charge >= 0.3 is 11.9 Å². The zero-order chi connectivity index (χ0) is 20.9. The Morgan fingerprint density at radius 3 is 1.45 bits per heavy atom. The Morgan fingerprint density at radius 1 is 0.690 bits per heavy atom. The number of aryl methyl sites for hydroxylation is 2. The lowest BCUT2D eigenvalue weighted by molar-refractivity contribution is -0.145. The van der Waals surface area contributed by atoms with Crippen molar-refractivity contribution in [1.29, 1.82) is 0 Å². The van der Waals surface area contributed by atoms with Crippen molar-refractivity contribution in [2.24, 2.45) is 0 Å². The fourth-order valence-corrected chi connectivity index (χ4v) is 3.79. The number of hydrogen-bond donors (Lipinski definition) is 0. The third-order valence-electron chi connectivity index (χ3n) is 4.68. The van der Waals surface area contributed by atoms with Gasteiger partial charge in [-0.05, 0) is 35.1 Å². The second-order valence-electron chi connectivity index (χ2n) is 6.68. The Balaban J connectivity index is 1.57. The van der Waals surface area contributed by atoms with Crippen LogP contribution in [0.1, 0.15) is 48.9 Å². The maximum atomic E-state index is 11.9. The van der Waals surface area contributed by atoms with E-state index in [-0.39, 0.29) is 11.9 Å². The van der Waals surface area contributed by atoms with Crippen LogP contribution in [0.4, 0.5) is 0 Å². The van der Waals surface area contributed by atoms with Crippen molar-refractivity contribution in [3.63, 3.8) is 0 Å². The molecule has 0 bridgehead atoms. The highest BCUT2D eigenvalue weighted by molar-refractivity contribution is 7.99. The minimum absolute atomic E-state index is 0.206. The van der Waals surface area contributed by atoms with Gasteiger partial charge in [-0.15, -0.1) is 0 Å². The van der Waals surface area contributed by atoms with Crippen molar-refractivity contribution < 1.29 is 19.1 Å². The number of carbonyl (C=O) groups is 2. The molecule has 0 aliphatic heterocycles. The third-order valence-corrected chi connectivity index (χ3v) is 5.66. The predicted molar refractivity (Wildman–Crippen MR) is 118 cm³/mol. The molecule has 0 saturated carbocycles. The summed E-state index contributed by atoms with van der Waals surface area (Å²) in [6.45, 7) is 4.81. The van der Waals surface area contributed by atoms with Crippen molar-refractivity contribution in [2.45, 2.75) is 52.7 Å². The third kappa shape index (κ3) is 8.32. The van der Waals surface area contributed by atoms with Crippen LogP contribution in [0.15, 0.2) is 48.5 Å². The lowest BCUT2D eigenvalue weighted by Crippen LogP contribution is -2.08. The Bertz CT molecular complexity index is 722. The highest BCUT2D eigenvalue weighted by atomic mass is 32.2. The Labute approximate surface area is 178 Å². The summed E-state index contributed by atoms with van der Waals surface area (Å²) in [5, 5.41) is 0. The molecule has 0 unspecified atom stereocenters. The Morgan fingerprint density at radius 2 is 1.07 bits per heavy atom. The number of thioether (sulfide) groups is 1. The van der Waals surface area contributed by atoms with E-state index in [9.17, 15) is 9.59 Å². The molecule has 0 atom stereocenters. The van der Waals surface area contributed by atoms with Crippen LogP contribution in [0.2, 0.25) is 0 Å². The molecule has 156 valence electrons.